The number of aliphatic hydroxyl groups is 1. The lowest BCUT2D eigenvalue weighted by molar-refractivity contribution is -0.112. The van der Waals surface area contributed by atoms with Gasteiger partial charge in [0.25, 0.3) is 11.8 Å². The number of fused-ring (bicyclic) bond motifs is 2. The van der Waals surface area contributed by atoms with Crippen LogP contribution in [0.1, 0.15) is 80.9 Å². The molecule has 60 heavy (non-hydrogen) atoms. The summed E-state index contributed by atoms with van der Waals surface area (Å²) < 4.78 is 16.8. The Balaban J connectivity index is 1.70. The van der Waals surface area contributed by atoms with Crippen molar-refractivity contribution < 1.29 is 43.9 Å². The van der Waals surface area contributed by atoms with E-state index in [9.17, 15) is 29.7 Å². The summed E-state index contributed by atoms with van der Waals surface area (Å²) in [5.41, 5.74) is 9.20. The Hall–Kier alpha value is -5.73. The monoisotopic (exact) mass is 824 g/mol. The number of allylic oxidation sites excluding steroid dienone is 2. The standard InChI is InChI=1S/C47H60N4O9/c1-8-9-22-51(27-33-15-11-10-12-16-33)28-34-18-20-35(21-19-34)46(56)50-41-36-23-29(2)24-40(59-7)42(53)31(4)25-32(5)44(60-47(48)57)39(58-6)17-13-14-30(3)45(55)49-37(43(36)54)26-38(41)52/h10-21,23,25-26,31,39-40,42,44,52-54H,8-9,22,24,27-28H2,1-7H3,(H2,48,57)(H,49,55)(H,50,56)/t31-,39-,40-,42+,44-/m0/s1. The first-order valence-electron chi connectivity index (χ1n) is 20.1. The van der Waals surface area contributed by atoms with Crippen LogP contribution >= 0.6 is 0 Å². The Morgan fingerprint density at radius 3 is 2.27 bits per heavy atom. The van der Waals surface area contributed by atoms with Crippen LogP contribution in [0.3, 0.4) is 0 Å². The molecule has 322 valence electrons. The minimum atomic E-state index is -1.06. The lowest BCUT2D eigenvalue weighted by Gasteiger charge is -2.28. The molecular weight excluding hydrogens is 765 g/mol. The van der Waals surface area contributed by atoms with Gasteiger partial charge in [0.1, 0.15) is 17.6 Å². The maximum Gasteiger partial charge on any atom is 0.405 e. The summed E-state index contributed by atoms with van der Waals surface area (Å²) in [6.07, 6.45) is 5.63. The first-order valence-corrected chi connectivity index (χ1v) is 20.1. The van der Waals surface area contributed by atoms with Gasteiger partial charge in [-0.05, 0) is 75.1 Å². The third-order valence-corrected chi connectivity index (χ3v) is 10.4. The predicted octanol–water partition coefficient (Wildman–Crippen LogP) is 7.84. The minimum Gasteiger partial charge on any atom is -0.506 e. The van der Waals surface area contributed by atoms with Crippen molar-refractivity contribution in [1.82, 2.24) is 4.90 Å². The molecule has 0 fully saturated rings. The summed E-state index contributed by atoms with van der Waals surface area (Å²) in [4.78, 5) is 41.4. The van der Waals surface area contributed by atoms with Gasteiger partial charge in [-0.25, -0.2) is 4.79 Å². The number of phenolic OH excluding ortho intramolecular Hbond substituents is 2. The average Bonchev–Trinajstić information content (AvgIpc) is 3.22. The third-order valence-electron chi connectivity index (χ3n) is 10.4. The number of amides is 3. The number of phenols is 2. The van der Waals surface area contributed by atoms with E-state index < -0.39 is 59.7 Å². The van der Waals surface area contributed by atoms with Gasteiger partial charge in [-0.2, -0.15) is 0 Å². The second kappa shape index (κ2) is 22.6. The minimum absolute atomic E-state index is 0.0298. The fourth-order valence-electron chi connectivity index (χ4n) is 7.05. The van der Waals surface area contributed by atoms with Crippen molar-refractivity contribution >= 4 is 35.4 Å². The molecule has 13 nitrogen and oxygen atoms in total. The quantitative estimate of drug-likeness (QED) is 0.0596. The number of anilines is 2. The van der Waals surface area contributed by atoms with Crippen molar-refractivity contribution in [2.75, 3.05) is 31.4 Å². The second-order valence-electron chi connectivity index (χ2n) is 15.3. The lowest BCUT2D eigenvalue weighted by atomic mass is 9.91. The fourth-order valence-corrected chi connectivity index (χ4v) is 7.05. The molecule has 1 aliphatic heterocycles. The van der Waals surface area contributed by atoms with Gasteiger partial charge in [-0.3, -0.25) is 14.5 Å². The van der Waals surface area contributed by atoms with Gasteiger partial charge in [0.2, 0.25) is 0 Å². The lowest BCUT2D eigenvalue weighted by Crippen LogP contribution is -2.36. The van der Waals surface area contributed by atoms with Gasteiger partial charge in [-0.15, -0.1) is 0 Å². The molecule has 0 spiro atoms. The zero-order chi connectivity index (χ0) is 43.9. The highest BCUT2D eigenvalue weighted by Gasteiger charge is 2.29. The molecule has 0 saturated heterocycles. The molecule has 3 aromatic carbocycles. The van der Waals surface area contributed by atoms with Crippen molar-refractivity contribution in [2.45, 2.75) is 91.4 Å². The maximum atomic E-state index is 13.8. The smallest absolute Gasteiger partial charge is 0.405 e. The Bertz CT molecular complexity index is 2060. The summed E-state index contributed by atoms with van der Waals surface area (Å²) in [6, 6.07) is 18.7. The van der Waals surface area contributed by atoms with E-state index in [1.54, 1.807) is 64.1 Å². The molecule has 2 bridgehead atoms. The number of aliphatic hydroxyl groups excluding tert-OH is 1. The molecule has 3 aromatic rings. The molecule has 0 unspecified atom stereocenters. The summed E-state index contributed by atoms with van der Waals surface area (Å²) in [7, 11) is 2.89. The van der Waals surface area contributed by atoms with Crippen LogP contribution in [0.2, 0.25) is 0 Å². The molecule has 5 atom stereocenters. The number of aromatic hydroxyl groups is 2. The van der Waals surface area contributed by atoms with Gasteiger partial charge in [0.15, 0.2) is 6.10 Å². The highest BCUT2D eigenvalue weighted by Crippen LogP contribution is 2.43. The summed E-state index contributed by atoms with van der Waals surface area (Å²) in [5.74, 6) is -2.46. The number of ether oxygens (including phenoxy) is 3. The molecule has 0 radical (unpaired) electrons. The molecule has 4 rings (SSSR count). The highest BCUT2D eigenvalue weighted by molar-refractivity contribution is 6.09. The molecule has 1 heterocycles. The number of hydrogen-bond donors (Lipinski definition) is 6. The Labute approximate surface area is 353 Å². The molecule has 0 saturated carbocycles. The van der Waals surface area contributed by atoms with Gasteiger partial charge in [0, 0.05) is 56.0 Å². The average molecular weight is 825 g/mol. The molecule has 3 amide bonds. The Kier molecular flexibility index (Phi) is 17.7. The van der Waals surface area contributed by atoms with Gasteiger partial charge in [-0.1, -0.05) is 92.6 Å². The van der Waals surface area contributed by atoms with E-state index in [0.717, 1.165) is 37.6 Å². The van der Waals surface area contributed by atoms with Gasteiger partial charge < -0.3 is 45.9 Å². The predicted molar refractivity (Wildman–Crippen MR) is 234 cm³/mol. The summed E-state index contributed by atoms with van der Waals surface area (Å²) >= 11 is 0. The van der Waals surface area contributed by atoms with E-state index in [4.69, 9.17) is 19.9 Å². The van der Waals surface area contributed by atoms with Crippen molar-refractivity contribution in [3.05, 3.63) is 124 Å². The molecule has 0 aliphatic carbocycles. The number of nitrogens with zero attached hydrogens (tertiary/aromatic N) is 1. The maximum absolute atomic E-state index is 13.8. The van der Waals surface area contributed by atoms with Crippen LogP contribution in [0.15, 0.2) is 102 Å². The number of nitrogens with one attached hydrogen (secondary N) is 2. The second-order valence-corrected chi connectivity index (χ2v) is 15.3. The van der Waals surface area contributed by atoms with Crippen LogP contribution in [0.5, 0.6) is 11.5 Å². The van der Waals surface area contributed by atoms with Crippen LogP contribution in [-0.2, 0) is 32.1 Å². The zero-order valence-electron chi connectivity index (χ0n) is 35.6. The highest BCUT2D eigenvalue weighted by atomic mass is 16.6. The molecule has 1 aliphatic rings. The van der Waals surface area contributed by atoms with Gasteiger partial charge >= 0.3 is 6.09 Å². The number of rotatable bonds is 12. The van der Waals surface area contributed by atoms with Gasteiger partial charge in [0.05, 0.1) is 23.6 Å². The molecule has 13 heteroatoms. The summed E-state index contributed by atoms with van der Waals surface area (Å²) in [6.45, 7) is 11.4. The van der Waals surface area contributed by atoms with Crippen molar-refractivity contribution in [1.29, 1.82) is 0 Å². The van der Waals surface area contributed by atoms with Crippen molar-refractivity contribution in [2.24, 2.45) is 11.7 Å². The number of hydrogen-bond acceptors (Lipinski definition) is 10. The largest absolute Gasteiger partial charge is 0.506 e. The van der Waals surface area contributed by atoms with Crippen LogP contribution in [0.4, 0.5) is 16.2 Å². The van der Waals surface area contributed by atoms with E-state index >= 15 is 0 Å². The van der Waals surface area contributed by atoms with Crippen LogP contribution in [0, 0.1) is 5.92 Å². The van der Waals surface area contributed by atoms with Crippen LogP contribution in [-0.4, -0.2) is 83.3 Å². The SMILES string of the molecule is CCCCN(Cc1ccccc1)Cc1ccc(C(=O)Nc2c(O)cc3c(O)c2C=C(C)C[C@H](OC)[C@H](O)[C@@H](C)C=C(C)[C@H](OC(N)=O)[C@@H](OC)C=CC=C(C)C(=O)N3)cc1. The number of carbonyl (C=O) groups is 3. The van der Waals surface area contributed by atoms with Crippen LogP contribution < -0.4 is 16.4 Å². The third kappa shape index (κ3) is 13.1. The number of methoxy groups -OCH3 is 2. The Morgan fingerprint density at radius 1 is 0.983 bits per heavy atom. The first-order chi connectivity index (χ1) is 28.6. The Morgan fingerprint density at radius 2 is 1.65 bits per heavy atom. The number of primary amides is 1. The molecule has 7 N–H and O–H groups in total. The van der Waals surface area contributed by atoms with Crippen LogP contribution in [0.25, 0.3) is 6.08 Å². The van der Waals surface area contributed by atoms with E-state index in [1.165, 1.54) is 25.9 Å². The van der Waals surface area contributed by atoms with E-state index in [-0.39, 0.29) is 28.9 Å². The molecule has 0 aromatic heterocycles. The van der Waals surface area contributed by atoms with E-state index in [2.05, 4.69) is 34.6 Å². The normalized spacial score (nSPS) is 20.4. The van der Waals surface area contributed by atoms with E-state index in [1.807, 2.05) is 30.3 Å². The van der Waals surface area contributed by atoms with Crippen molar-refractivity contribution in [3.8, 4) is 11.5 Å². The number of nitrogens with two attached hydrogens (primary N) is 1. The fraction of sp³-hybridized carbons (Fsp3) is 0.383. The van der Waals surface area contributed by atoms with E-state index in [0.29, 0.717) is 23.3 Å². The van der Waals surface area contributed by atoms with Crippen molar-refractivity contribution in [3.63, 3.8) is 0 Å². The number of carbonyl (C=O) groups excluding carboxylic acids is 3. The number of benzene rings is 3. The number of unbranched alkanes of at least 4 members (excludes halogenated alkanes) is 1. The summed E-state index contributed by atoms with van der Waals surface area (Å²) in [5, 5.41) is 40.0. The molecular formula is C47H60N4O9. The zero-order valence-corrected chi connectivity index (χ0v) is 35.6. The first kappa shape index (κ1) is 47.0. The topological polar surface area (TPSA) is 193 Å².